The van der Waals surface area contributed by atoms with Crippen LogP contribution in [0.5, 0.6) is 0 Å². The van der Waals surface area contributed by atoms with Crippen LogP contribution < -0.4 is 0 Å². The van der Waals surface area contributed by atoms with Gasteiger partial charge in [0.15, 0.2) is 12.4 Å². The van der Waals surface area contributed by atoms with Crippen molar-refractivity contribution in [3.05, 3.63) is 35.9 Å². The average Bonchev–Trinajstić information content (AvgIpc) is 2.53. The molecule has 1 aromatic carbocycles. The minimum absolute atomic E-state index is 0.548. The maximum atomic E-state index is 9.86. The van der Waals surface area contributed by atoms with Gasteiger partial charge in [0.05, 0.1) is 12.7 Å². The molecule has 21 heavy (non-hydrogen) atoms. The molecular weight excluding hydrogens is 278 g/mol. The van der Waals surface area contributed by atoms with Crippen LogP contribution in [-0.2, 0) is 9.47 Å². The zero-order chi connectivity index (χ0) is 15.4. The van der Waals surface area contributed by atoms with Crippen LogP contribution in [0.15, 0.2) is 30.3 Å². The zero-order valence-corrected chi connectivity index (χ0v) is 11.1. The fraction of sp³-hybridized carbons (Fsp3) is 0.500. The average molecular weight is 295 g/mol. The first kappa shape index (κ1) is 15.9. The van der Waals surface area contributed by atoms with Crippen LogP contribution in [0, 0.1) is 11.3 Å². The molecule has 4 N–H and O–H groups in total. The molecule has 1 aliphatic heterocycles. The van der Waals surface area contributed by atoms with Crippen LogP contribution >= 0.6 is 0 Å². The van der Waals surface area contributed by atoms with E-state index in [0.29, 0.717) is 5.56 Å². The molecule has 0 bridgehead atoms. The van der Waals surface area contributed by atoms with Gasteiger partial charge in [-0.2, -0.15) is 5.26 Å². The van der Waals surface area contributed by atoms with E-state index >= 15 is 0 Å². The maximum Gasteiger partial charge on any atom is 0.188 e. The molecule has 7 nitrogen and oxygen atoms in total. The Labute approximate surface area is 121 Å². The number of aliphatic hydroxyl groups excluding tert-OH is 4. The SMILES string of the molecule is N#CC(O[C@@H]1O[C@H](CO)[C@H](O)C(O)[C@H]1O)c1ccccc1. The molecule has 1 heterocycles. The lowest BCUT2D eigenvalue weighted by atomic mass is 9.99. The quantitative estimate of drug-likeness (QED) is 0.565. The summed E-state index contributed by atoms with van der Waals surface area (Å²) in [6.07, 6.45) is -7.91. The lowest BCUT2D eigenvalue weighted by Crippen LogP contribution is -2.59. The summed E-state index contributed by atoms with van der Waals surface area (Å²) in [6, 6.07) is 10.5. The van der Waals surface area contributed by atoms with E-state index in [-0.39, 0.29) is 0 Å². The molecule has 1 saturated heterocycles. The third kappa shape index (κ3) is 3.39. The van der Waals surface area contributed by atoms with Crippen molar-refractivity contribution in [1.82, 2.24) is 0 Å². The fourth-order valence-electron chi connectivity index (χ4n) is 2.13. The number of hydrogen-bond acceptors (Lipinski definition) is 7. The summed E-state index contributed by atoms with van der Waals surface area (Å²) >= 11 is 0. The Balaban J connectivity index is 2.12. The summed E-state index contributed by atoms with van der Waals surface area (Å²) in [7, 11) is 0. The molecule has 114 valence electrons. The van der Waals surface area contributed by atoms with Gasteiger partial charge in [-0.25, -0.2) is 0 Å². The number of nitriles is 1. The molecule has 2 rings (SSSR count). The third-order valence-electron chi connectivity index (χ3n) is 3.34. The summed E-state index contributed by atoms with van der Waals surface area (Å²) in [5, 5.41) is 47.5. The summed E-state index contributed by atoms with van der Waals surface area (Å²) in [6.45, 7) is -0.548. The van der Waals surface area contributed by atoms with Crippen LogP contribution in [0.3, 0.4) is 0 Å². The van der Waals surface area contributed by atoms with Crippen LogP contribution in [-0.4, -0.2) is 57.7 Å². The van der Waals surface area contributed by atoms with Crippen molar-refractivity contribution in [2.75, 3.05) is 6.61 Å². The Morgan fingerprint density at radius 1 is 1.14 bits per heavy atom. The lowest BCUT2D eigenvalue weighted by molar-refractivity contribution is -0.307. The van der Waals surface area contributed by atoms with E-state index in [1.165, 1.54) is 0 Å². The highest BCUT2D eigenvalue weighted by atomic mass is 16.7. The second-order valence-electron chi connectivity index (χ2n) is 4.75. The van der Waals surface area contributed by atoms with Gasteiger partial charge >= 0.3 is 0 Å². The molecular formula is C14H17NO6. The van der Waals surface area contributed by atoms with Crippen molar-refractivity contribution in [3.8, 4) is 6.07 Å². The first-order valence-corrected chi connectivity index (χ1v) is 6.49. The molecule has 0 aliphatic carbocycles. The molecule has 7 heteroatoms. The Bertz CT molecular complexity index is 488. The van der Waals surface area contributed by atoms with E-state index < -0.39 is 43.4 Å². The third-order valence-corrected chi connectivity index (χ3v) is 3.34. The van der Waals surface area contributed by atoms with E-state index in [2.05, 4.69) is 0 Å². The summed E-state index contributed by atoms with van der Waals surface area (Å²) < 4.78 is 10.6. The number of nitrogens with zero attached hydrogens (tertiary/aromatic N) is 1. The van der Waals surface area contributed by atoms with Crippen molar-refractivity contribution in [2.24, 2.45) is 0 Å². The number of ether oxygens (including phenoxy) is 2. The molecule has 0 amide bonds. The second kappa shape index (κ2) is 6.95. The van der Waals surface area contributed by atoms with Crippen molar-refractivity contribution < 1.29 is 29.9 Å². The highest BCUT2D eigenvalue weighted by Gasteiger charge is 2.44. The van der Waals surface area contributed by atoms with Crippen molar-refractivity contribution in [2.45, 2.75) is 36.8 Å². The molecule has 1 fully saturated rings. The summed E-state index contributed by atoms with van der Waals surface area (Å²) in [5.41, 5.74) is 0.567. The van der Waals surface area contributed by atoms with E-state index in [0.717, 1.165) is 0 Å². The Morgan fingerprint density at radius 3 is 2.38 bits per heavy atom. The smallest absolute Gasteiger partial charge is 0.188 e. The van der Waals surface area contributed by atoms with Crippen molar-refractivity contribution in [3.63, 3.8) is 0 Å². The van der Waals surface area contributed by atoms with Gasteiger partial charge in [-0.3, -0.25) is 0 Å². The van der Waals surface area contributed by atoms with Crippen LogP contribution in [0.4, 0.5) is 0 Å². The van der Waals surface area contributed by atoms with Gasteiger partial charge in [-0.05, 0) is 5.56 Å². The molecule has 0 aromatic heterocycles. The predicted octanol–water partition coefficient (Wildman–Crippen LogP) is -0.932. The molecule has 1 aliphatic rings. The largest absolute Gasteiger partial charge is 0.394 e. The van der Waals surface area contributed by atoms with E-state index in [1.807, 2.05) is 6.07 Å². The highest BCUT2D eigenvalue weighted by Crippen LogP contribution is 2.27. The molecule has 6 atom stereocenters. The maximum absolute atomic E-state index is 9.86. The Morgan fingerprint density at radius 2 is 1.81 bits per heavy atom. The van der Waals surface area contributed by atoms with E-state index in [9.17, 15) is 15.3 Å². The minimum Gasteiger partial charge on any atom is -0.394 e. The van der Waals surface area contributed by atoms with Gasteiger partial charge in [-0.1, -0.05) is 30.3 Å². The summed E-state index contributed by atoms with van der Waals surface area (Å²) in [5.74, 6) is 0. The number of benzene rings is 1. The first-order chi connectivity index (χ1) is 10.1. The monoisotopic (exact) mass is 295 g/mol. The molecule has 0 saturated carbocycles. The van der Waals surface area contributed by atoms with Gasteiger partial charge in [0, 0.05) is 0 Å². The van der Waals surface area contributed by atoms with Gasteiger partial charge < -0.3 is 29.9 Å². The minimum atomic E-state index is -1.53. The Hall–Kier alpha value is -1.53. The van der Waals surface area contributed by atoms with Gasteiger partial charge in [-0.15, -0.1) is 0 Å². The van der Waals surface area contributed by atoms with Crippen molar-refractivity contribution in [1.29, 1.82) is 5.26 Å². The van der Waals surface area contributed by atoms with Crippen molar-refractivity contribution >= 4 is 0 Å². The predicted molar refractivity (Wildman–Crippen MR) is 69.6 cm³/mol. The first-order valence-electron chi connectivity index (χ1n) is 6.49. The van der Waals surface area contributed by atoms with Gasteiger partial charge in [0.2, 0.25) is 0 Å². The molecule has 0 radical (unpaired) electrons. The molecule has 0 spiro atoms. The normalized spacial score (nSPS) is 34.1. The summed E-state index contributed by atoms with van der Waals surface area (Å²) in [4.78, 5) is 0. The molecule has 2 unspecified atom stereocenters. The topological polar surface area (TPSA) is 123 Å². The van der Waals surface area contributed by atoms with Crippen LogP contribution in [0.2, 0.25) is 0 Å². The number of rotatable bonds is 4. The Kier molecular flexibility index (Phi) is 5.25. The standard InChI is InChI=1S/C14H17NO6/c15-6-9(8-4-2-1-3-5-8)20-14-13(19)12(18)11(17)10(7-16)21-14/h1-5,9-14,16-19H,7H2/t9?,10-,11+,12?,13-,14-/m1/s1. The zero-order valence-electron chi connectivity index (χ0n) is 11.1. The lowest BCUT2D eigenvalue weighted by Gasteiger charge is -2.40. The van der Waals surface area contributed by atoms with Gasteiger partial charge in [0.25, 0.3) is 0 Å². The number of aliphatic hydroxyl groups is 4. The number of hydrogen-bond donors (Lipinski definition) is 4. The second-order valence-corrected chi connectivity index (χ2v) is 4.75. The van der Waals surface area contributed by atoms with E-state index in [1.54, 1.807) is 30.3 Å². The molecule has 1 aromatic rings. The fourth-order valence-corrected chi connectivity index (χ4v) is 2.13. The van der Waals surface area contributed by atoms with Crippen LogP contribution in [0.1, 0.15) is 11.7 Å². The van der Waals surface area contributed by atoms with Crippen LogP contribution in [0.25, 0.3) is 0 Å². The highest BCUT2D eigenvalue weighted by molar-refractivity contribution is 5.22. The van der Waals surface area contributed by atoms with Gasteiger partial charge in [0.1, 0.15) is 24.4 Å². The van der Waals surface area contributed by atoms with E-state index in [4.69, 9.17) is 19.8 Å².